The molecule has 10 rings (SSSR count). The van der Waals surface area contributed by atoms with Crippen LogP contribution in [0.4, 0.5) is 17.1 Å². The molecule has 9 aromatic carbocycles. The van der Waals surface area contributed by atoms with Crippen molar-refractivity contribution in [3.63, 3.8) is 0 Å². The van der Waals surface area contributed by atoms with Crippen LogP contribution < -0.4 is 4.90 Å². The lowest BCUT2D eigenvalue weighted by molar-refractivity contribution is 1.18. The number of para-hydroxylation sites is 1. The Balaban J connectivity index is 1.16. The summed E-state index contributed by atoms with van der Waals surface area (Å²) in [7, 11) is 0. The van der Waals surface area contributed by atoms with E-state index in [2.05, 4.69) is 228 Å². The van der Waals surface area contributed by atoms with Crippen molar-refractivity contribution in [3.8, 4) is 39.1 Å². The molecule has 1 heterocycles. The molecule has 0 saturated carbocycles. The Hall–Kier alpha value is -7.16. The average molecular weight is 689 g/mol. The quantitative estimate of drug-likeness (QED) is 0.162. The van der Waals surface area contributed by atoms with Crippen LogP contribution in [0.5, 0.6) is 0 Å². The monoisotopic (exact) mass is 688 g/mol. The van der Waals surface area contributed by atoms with Gasteiger partial charge in [0.1, 0.15) is 0 Å². The number of hydrogen-bond acceptors (Lipinski definition) is 1. The Bertz CT molecular complexity index is 2870. The lowest BCUT2D eigenvalue weighted by Gasteiger charge is -2.27. The van der Waals surface area contributed by atoms with E-state index in [1.165, 1.54) is 66.0 Å². The summed E-state index contributed by atoms with van der Waals surface area (Å²) in [5.74, 6) is 0. The first-order valence-electron chi connectivity index (χ1n) is 18.5. The Kier molecular flexibility index (Phi) is 7.85. The van der Waals surface area contributed by atoms with E-state index >= 15 is 0 Å². The summed E-state index contributed by atoms with van der Waals surface area (Å²) in [6.07, 6.45) is 0. The smallest absolute Gasteiger partial charge is 0.0620 e. The van der Waals surface area contributed by atoms with E-state index in [9.17, 15) is 0 Å². The van der Waals surface area contributed by atoms with Gasteiger partial charge in [0.2, 0.25) is 0 Å². The molecule has 1 aromatic heterocycles. The molecule has 2 heteroatoms. The maximum absolute atomic E-state index is 2.44. The number of benzene rings is 9. The van der Waals surface area contributed by atoms with Crippen LogP contribution in [-0.4, -0.2) is 4.57 Å². The molecule has 0 unspecified atom stereocenters. The third kappa shape index (κ3) is 5.53. The molecule has 0 aliphatic heterocycles. The fourth-order valence-electron chi connectivity index (χ4n) is 7.99. The molecule has 0 atom stereocenters. The number of rotatable bonds is 7. The Labute approximate surface area is 315 Å². The van der Waals surface area contributed by atoms with Crippen LogP contribution in [0.25, 0.3) is 71.6 Å². The molecular weight excluding hydrogens is 653 g/mol. The van der Waals surface area contributed by atoms with Gasteiger partial charge in [-0.25, -0.2) is 0 Å². The zero-order valence-electron chi connectivity index (χ0n) is 29.7. The van der Waals surface area contributed by atoms with Gasteiger partial charge in [-0.3, -0.25) is 0 Å². The van der Waals surface area contributed by atoms with Gasteiger partial charge < -0.3 is 9.47 Å². The molecule has 0 saturated heterocycles. The normalized spacial score (nSPS) is 11.3. The number of aromatic nitrogens is 1. The molecule has 0 aliphatic rings. The highest BCUT2D eigenvalue weighted by molar-refractivity contribution is 6.22. The molecule has 0 N–H and O–H groups in total. The van der Waals surface area contributed by atoms with Crippen molar-refractivity contribution in [1.82, 2.24) is 4.57 Å². The third-order valence-electron chi connectivity index (χ3n) is 10.6. The topological polar surface area (TPSA) is 8.17 Å². The number of nitrogens with zero attached hydrogens (tertiary/aromatic N) is 2. The van der Waals surface area contributed by atoms with E-state index in [0.717, 1.165) is 22.7 Å². The molecular formula is C52H36N2. The predicted octanol–water partition coefficient (Wildman–Crippen LogP) is 14.4. The summed E-state index contributed by atoms with van der Waals surface area (Å²) >= 11 is 0. The van der Waals surface area contributed by atoms with Crippen molar-refractivity contribution in [2.24, 2.45) is 0 Å². The Morgan fingerprint density at radius 3 is 1.33 bits per heavy atom. The molecule has 0 radical (unpaired) electrons. The van der Waals surface area contributed by atoms with Crippen molar-refractivity contribution < 1.29 is 0 Å². The van der Waals surface area contributed by atoms with E-state index < -0.39 is 0 Å². The van der Waals surface area contributed by atoms with E-state index in [1.807, 2.05) is 0 Å². The second-order valence-corrected chi connectivity index (χ2v) is 13.8. The van der Waals surface area contributed by atoms with Gasteiger partial charge in [-0.05, 0) is 87.3 Å². The largest absolute Gasteiger partial charge is 0.310 e. The van der Waals surface area contributed by atoms with Crippen LogP contribution in [0.3, 0.4) is 0 Å². The number of anilines is 3. The van der Waals surface area contributed by atoms with Crippen molar-refractivity contribution in [2.45, 2.75) is 0 Å². The third-order valence-corrected chi connectivity index (χ3v) is 10.6. The average Bonchev–Trinajstić information content (AvgIpc) is 3.61. The van der Waals surface area contributed by atoms with Crippen LogP contribution in [0, 0.1) is 0 Å². The standard InChI is InChI=1S/C52H36N2/c1-4-13-37(14-5-1)39-23-25-40(26-24-39)42-29-34-46(35-30-42)53(45-32-27-41(28-33-45)38-15-6-2-7-16-38)49-21-12-22-50-51(49)48-36-31-43-17-10-11-20-47(43)52(48)54(50)44-18-8-3-9-19-44/h1-36H. The van der Waals surface area contributed by atoms with Crippen molar-refractivity contribution >= 4 is 49.6 Å². The fraction of sp³-hybridized carbons (Fsp3) is 0. The first-order chi connectivity index (χ1) is 26.8. The molecule has 0 aliphatic carbocycles. The lowest BCUT2D eigenvalue weighted by Crippen LogP contribution is -2.10. The van der Waals surface area contributed by atoms with E-state index in [4.69, 9.17) is 0 Å². The number of hydrogen-bond donors (Lipinski definition) is 0. The minimum absolute atomic E-state index is 1.10. The van der Waals surface area contributed by atoms with Gasteiger partial charge in [0.25, 0.3) is 0 Å². The van der Waals surface area contributed by atoms with Gasteiger partial charge in [0.05, 0.1) is 16.7 Å². The van der Waals surface area contributed by atoms with E-state index in [0.29, 0.717) is 0 Å². The van der Waals surface area contributed by atoms with Crippen molar-refractivity contribution in [2.75, 3.05) is 4.90 Å². The van der Waals surface area contributed by atoms with Crippen LogP contribution in [0.15, 0.2) is 218 Å². The highest BCUT2D eigenvalue weighted by atomic mass is 15.1. The first-order valence-corrected chi connectivity index (χ1v) is 18.5. The zero-order chi connectivity index (χ0) is 35.8. The van der Waals surface area contributed by atoms with Crippen LogP contribution in [-0.2, 0) is 0 Å². The Morgan fingerprint density at radius 1 is 0.315 bits per heavy atom. The molecule has 254 valence electrons. The van der Waals surface area contributed by atoms with Crippen molar-refractivity contribution in [1.29, 1.82) is 0 Å². The summed E-state index contributed by atoms with van der Waals surface area (Å²) in [6, 6.07) is 78.8. The minimum Gasteiger partial charge on any atom is -0.310 e. The summed E-state index contributed by atoms with van der Waals surface area (Å²) in [4.78, 5) is 2.42. The fourth-order valence-corrected chi connectivity index (χ4v) is 7.99. The molecule has 54 heavy (non-hydrogen) atoms. The predicted molar refractivity (Wildman–Crippen MR) is 229 cm³/mol. The second kappa shape index (κ2) is 13.4. The molecule has 2 nitrogen and oxygen atoms in total. The van der Waals surface area contributed by atoms with Gasteiger partial charge >= 0.3 is 0 Å². The summed E-state index contributed by atoms with van der Waals surface area (Å²) < 4.78 is 2.44. The highest BCUT2D eigenvalue weighted by Gasteiger charge is 2.22. The molecule has 0 amide bonds. The van der Waals surface area contributed by atoms with Gasteiger partial charge in [-0.1, -0.05) is 170 Å². The van der Waals surface area contributed by atoms with Gasteiger partial charge in [0.15, 0.2) is 0 Å². The first kappa shape index (κ1) is 31.6. The van der Waals surface area contributed by atoms with Crippen molar-refractivity contribution in [3.05, 3.63) is 218 Å². The maximum atomic E-state index is 2.44. The molecule has 0 spiro atoms. The van der Waals surface area contributed by atoms with Crippen LogP contribution >= 0.6 is 0 Å². The summed E-state index contributed by atoms with van der Waals surface area (Å²) in [5, 5.41) is 4.91. The van der Waals surface area contributed by atoms with E-state index in [-0.39, 0.29) is 0 Å². The maximum Gasteiger partial charge on any atom is 0.0620 e. The minimum atomic E-state index is 1.10. The van der Waals surface area contributed by atoms with E-state index in [1.54, 1.807) is 0 Å². The molecule has 0 bridgehead atoms. The summed E-state index contributed by atoms with van der Waals surface area (Å²) in [5.41, 5.74) is 14.1. The van der Waals surface area contributed by atoms with Gasteiger partial charge in [-0.2, -0.15) is 0 Å². The number of fused-ring (bicyclic) bond motifs is 5. The van der Waals surface area contributed by atoms with Crippen LogP contribution in [0.2, 0.25) is 0 Å². The second-order valence-electron chi connectivity index (χ2n) is 13.8. The zero-order valence-corrected chi connectivity index (χ0v) is 29.7. The lowest BCUT2D eigenvalue weighted by atomic mass is 9.99. The van der Waals surface area contributed by atoms with Gasteiger partial charge in [-0.15, -0.1) is 0 Å². The summed E-state index contributed by atoms with van der Waals surface area (Å²) in [6.45, 7) is 0. The van der Waals surface area contributed by atoms with Crippen LogP contribution in [0.1, 0.15) is 0 Å². The van der Waals surface area contributed by atoms with Gasteiger partial charge in [0, 0.05) is 33.2 Å². The SMILES string of the molecule is c1ccc(-c2ccc(-c3ccc(N(c4ccc(-c5ccccc5)cc4)c4cccc5c4c4ccc6ccccc6c4n5-c4ccccc4)cc3)cc2)cc1. The molecule has 10 aromatic rings. The molecule has 0 fully saturated rings. The highest BCUT2D eigenvalue weighted by Crippen LogP contribution is 2.45. The Morgan fingerprint density at radius 2 is 0.778 bits per heavy atom.